The Morgan fingerprint density at radius 2 is 2.54 bits per heavy atom. The van der Waals surface area contributed by atoms with E-state index in [2.05, 4.69) is 20.7 Å². The third kappa shape index (κ3) is 2.85. The fourth-order valence-corrected chi connectivity index (χ4v) is 1.75. The maximum Gasteiger partial charge on any atom is 0.309 e. The lowest BCUT2D eigenvalue weighted by Crippen LogP contribution is -2.19. The minimum Gasteiger partial charge on any atom is -0.469 e. The van der Waals surface area contributed by atoms with Gasteiger partial charge >= 0.3 is 5.97 Å². The molecule has 0 radical (unpaired) electrons. The lowest BCUT2D eigenvalue weighted by Gasteiger charge is -2.23. The Morgan fingerprint density at radius 3 is 3.08 bits per heavy atom. The Labute approximate surface area is 90.7 Å². The molecule has 0 aromatic heterocycles. The summed E-state index contributed by atoms with van der Waals surface area (Å²) in [7, 11) is 1.37. The van der Waals surface area contributed by atoms with Crippen LogP contribution in [0.1, 0.15) is 12.8 Å². The van der Waals surface area contributed by atoms with Gasteiger partial charge in [0.1, 0.15) is 3.78 Å². The minimum absolute atomic E-state index is 0.232. The SMILES string of the molecule is COC(=O)CC1=CC=CCC1(Cl)Br. The van der Waals surface area contributed by atoms with Gasteiger partial charge in [-0.3, -0.25) is 4.79 Å². The summed E-state index contributed by atoms with van der Waals surface area (Å²) in [5.74, 6) is -0.272. The van der Waals surface area contributed by atoms with Gasteiger partial charge < -0.3 is 4.74 Å². The van der Waals surface area contributed by atoms with E-state index >= 15 is 0 Å². The van der Waals surface area contributed by atoms with E-state index < -0.39 is 3.78 Å². The van der Waals surface area contributed by atoms with Crippen molar-refractivity contribution in [2.24, 2.45) is 0 Å². The summed E-state index contributed by atoms with van der Waals surface area (Å²) < 4.78 is 3.95. The highest BCUT2D eigenvalue weighted by Gasteiger charge is 2.30. The first-order valence-corrected chi connectivity index (χ1v) is 5.04. The molecule has 0 N–H and O–H groups in total. The van der Waals surface area contributed by atoms with E-state index in [9.17, 15) is 4.79 Å². The first kappa shape index (κ1) is 10.8. The van der Waals surface area contributed by atoms with Gasteiger partial charge in [0.05, 0.1) is 13.5 Å². The van der Waals surface area contributed by atoms with Gasteiger partial charge in [-0.1, -0.05) is 34.2 Å². The quantitative estimate of drug-likeness (QED) is 0.567. The zero-order chi connectivity index (χ0) is 9.90. The van der Waals surface area contributed by atoms with E-state index in [1.54, 1.807) is 0 Å². The summed E-state index contributed by atoms with van der Waals surface area (Å²) in [6.45, 7) is 0. The molecule has 0 aromatic carbocycles. The van der Waals surface area contributed by atoms with Gasteiger partial charge in [-0.05, 0) is 12.0 Å². The average molecular weight is 266 g/mol. The molecule has 0 saturated heterocycles. The van der Waals surface area contributed by atoms with Crippen molar-refractivity contribution in [3.63, 3.8) is 0 Å². The molecule has 4 heteroatoms. The van der Waals surface area contributed by atoms with Crippen molar-refractivity contribution in [2.75, 3.05) is 7.11 Å². The predicted molar refractivity (Wildman–Crippen MR) is 56.0 cm³/mol. The molecule has 2 nitrogen and oxygen atoms in total. The normalized spacial score (nSPS) is 26.8. The molecule has 1 aliphatic carbocycles. The molecule has 0 amide bonds. The number of carbonyl (C=O) groups is 1. The molecule has 0 spiro atoms. The van der Waals surface area contributed by atoms with Crippen LogP contribution in [0.2, 0.25) is 0 Å². The molecule has 0 bridgehead atoms. The Bertz CT molecular complexity index is 269. The van der Waals surface area contributed by atoms with E-state index in [4.69, 9.17) is 11.6 Å². The third-order valence-corrected chi connectivity index (χ3v) is 3.07. The van der Waals surface area contributed by atoms with Crippen LogP contribution in [0.3, 0.4) is 0 Å². The highest BCUT2D eigenvalue weighted by atomic mass is 79.9. The van der Waals surface area contributed by atoms with Crippen LogP contribution in [0.4, 0.5) is 0 Å². The van der Waals surface area contributed by atoms with Gasteiger partial charge in [-0.2, -0.15) is 0 Å². The Kier molecular flexibility index (Phi) is 3.56. The molecular weight excluding hydrogens is 255 g/mol. The highest BCUT2D eigenvalue weighted by Crippen LogP contribution is 2.40. The van der Waals surface area contributed by atoms with Crippen molar-refractivity contribution in [1.82, 2.24) is 0 Å². The minimum atomic E-state index is -0.615. The summed E-state index contributed by atoms with van der Waals surface area (Å²) in [6, 6.07) is 0. The fraction of sp³-hybridized carbons (Fsp3) is 0.444. The Balaban J connectivity index is 2.71. The number of allylic oxidation sites excluding steroid dienone is 3. The molecule has 1 rings (SSSR count). The van der Waals surface area contributed by atoms with Crippen molar-refractivity contribution in [3.8, 4) is 0 Å². The van der Waals surface area contributed by atoms with Crippen LogP contribution in [0, 0.1) is 0 Å². The lowest BCUT2D eigenvalue weighted by molar-refractivity contribution is -0.139. The third-order valence-electron chi connectivity index (χ3n) is 1.84. The number of rotatable bonds is 2. The number of carbonyl (C=O) groups excluding carboxylic acids is 1. The second-order valence-electron chi connectivity index (χ2n) is 2.78. The number of alkyl halides is 2. The number of halogens is 2. The van der Waals surface area contributed by atoms with Gasteiger partial charge in [0.2, 0.25) is 0 Å². The number of ether oxygens (including phenoxy) is 1. The van der Waals surface area contributed by atoms with Crippen LogP contribution in [-0.4, -0.2) is 16.9 Å². The zero-order valence-electron chi connectivity index (χ0n) is 7.22. The largest absolute Gasteiger partial charge is 0.469 e. The number of methoxy groups -OCH3 is 1. The summed E-state index contributed by atoms with van der Waals surface area (Å²) in [6.07, 6.45) is 6.58. The van der Waals surface area contributed by atoms with Gasteiger partial charge in [0.25, 0.3) is 0 Å². The smallest absolute Gasteiger partial charge is 0.309 e. The molecule has 0 fully saturated rings. The van der Waals surface area contributed by atoms with Crippen molar-refractivity contribution >= 4 is 33.5 Å². The summed E-state index contributed by atoms with van der Waals surface area (Å²) in [5, 5.41) is 0. The monoisotopic (exact) mass is 264 g/mol. The maximum atomic E-state index is 11.0. The van der Waals surface area contributed by atoms with E-state index in [0.717, 1.165) is 5.57 Å². The zero-order valence-corrected chi connectivity index (χ0v) is 9.56. The van der Waals surface area contributed by atoms with Crippen LogP contribution < -0.4 is 0 Å². The van der Waals surface area contributed by atoms with Crippen molar-refractivity contribution in [3.05, 3.63) is 23.8 Å². The molecule has 0 aliphatic heterocycles. The van der Waals surface area contributed by atoms with Crippen LogP contribution in [0.25, 0.3) is 0 Å². The van der Waals surface area contributed by atoms with E-state index in [1.165, 1.54) is 7.11 Å². The molecule has 0 heterocycles. The van der Waals surface area contributed by atoms with E-state index in [1.807, 2.05) is 18.2 Å². The van der Waals surface area contributed by atoms with Crippen LogP contribution in [-0.2, 0) is 9.53 Å². The van der Waals surface area contributed by atoms with Crippen molar-refractivity contribution in [2.45, 2.75) is 16.6 Å². The molecule has 1 unspecified atom stereocenters. The number of esters is 1. The van der Waals surface area contributed by atoms with E-state index in [0.29, 0.717) is 6.42 Å². The number of hydrogen-bond donors (Lipinski definition) is 0. The molecule has 1 aliphatic rings. The van der Waals surface area contributed by atoms with Gasteiger partial charge in [-0.15, -0.1) is 11.6 Å². The highest BCUT2D eigenvalue weighted by molar-refractivity contribution is 9.10. The molecule has 0 aromatic rings. The first-order chi connectivity index (χ1) is 6.06. The molecule has 0 saturated carbocycles. The predicted octanol–water partition coefficient (Wildman–Crippen LogP) is 2.77. The van der Waals surface area contributed by atoms with Gasteiger partial charge in [-0.25, -0.2) is 0 Å². The van der Waals surface area contributed by atoms with E-state index in [-0.39, 0.29) is 12.4 Å². The first-order valence-electron chi connectivity index (χ1n) is 3.87. The van der Waals surface area contributed by atoms with Gasteiger partial charge in [0.15, 0.2) is 0 Å². The molecular formula is C9H10BrClO2. The summed E-state index contributed by atoms with van der Waals surface area (Å²) in [4.78, 5) is 11.0. The Hall–Kier alpha value is -0.280. The average Bonchev–Trinajstić information content (AvgIpc) is 2.08. The summed E-state index contributed by atoms with van der Waals surface area (Å²) >= 11 is 9.48. The van der Waals surface area contributed by atoms with Crippen molar-refractivity contribution < 1.29 is 9.53 Å². The van der Waals surface area contributed by atoms with Gasteiger partial charge in [0, 0.05) is 0 Å². The Morgan fingerprint density at radius 1 is 1.85 bits per heavy atom. The molecule has 13 heavy (non-hydrogen) atoms. The number of hydrogen-bond acceptors (Lipinski definition) is 2. The fourth-order valence-electron chi connectivity index (χ4n) is 1.07. The standard InChI is InChI=1S/C9H10BrClO2/c1-13-8(12)6-7-4-2-3-5-9(7,10)11/h2-4H,5-6H2,1H3. The lowest BCUT2D eigenvalue weighted by atomic mass is 10.0. The van der Waals surface area contributed by atoms with Crippen LogP contribution in [0.15, 0.2) is 23.8 Å². The van der Waals surface area contributed by atoms with Crippen LogP contribution >= 0.6 is 27.5 Å². The second kappa shape index (κ2) is 4.29. The molecule has 1 atom stereocenters. The second-order valence-corrected chi connectivity index (χ2v) is 5.24. The summed E-state index contributed by atoms with van der Waals surface area (Å²) in [5.41, 5.74) is 0.837. The molecule has 72 valence electrons. The maximum absolute atomic E-state index is 11.0. The topological polar surface area (TPSA) is 26.3 Å². The van der Waals surface area contributed by atoms with Crippen molar-refractivity contribution in [1.29, 1.82) is 0 Å². The van der Waals surface area contributed by atoms with Crippen LogP contribution in [0.5, 0.6) is 0 Å².